The average molecular weight is 229 g/mol. The summed E-state index contributed by atoms with van der Waals surface area (Å²) < 4.78 is 30.4. The number of aromatic nitrogens is 2. The lowest BCUT2D eigenvalue weighted by atomic mass is 10.2. The second-order valence-corrected chi connectivity index (χ2v) is 4.92. The van der Waals surface area contributed by atoms with E-state index in [0.717, 1.165) is 11.7 Å². The van der Waals surface area contributed by atoms with Gasteiger partial charge in [0.05, 0.1) is 11.7 Å². The van der Waals surface area contributed by atoms with Crippen molar-refractivity contribution >= 4 is 32.8 Å². The first-order valence-corrected chi connectivity index (χ1v) is 6.02. The molecule has 1 aromatic heterocycles. The summed E-state index contributed by atoms with van der Waals surface area (Å²) in [7, 11) is -3.73. The van der Waals surface area contributed by atoms with E-state index in [1.54, 1.807) is 19.1 Å². The van der Waals surface area contributed by atoms with Crippen molar-refractivity contribution < 1.29 is 8.42 Å². The van der Waals surface area contributed by atoms with Gasteiger partial charge < -0.3 is 0 Å². The number of benzene rings is 1. The van der Waals surface area contributed by atoms with Crippen LogP contribution in [0, 0.1) is 6.92 Å². The Kier molecular flexibility index (Phi) is 2.02. The van der Waals surface area contributed by atoms with Crippen LogP contribution in [0.4, 0.5) is 0 Å². The van der Waals surface area contributed by atoms with Gasteiger partial charge in [0.1, 0.15) is 15.9 Å². The van der Waals surface area contributed by atoms with E-state index in [1.165, 1.54) is 0 Å². The van der Waals surface area contributed by atoms with E-state index in [-0.39, 0.29) is 4.90 Å². The highest BCUT2D eigenvalue weighted by Crippen LogP contribution is 2.23. The molecule has 0 atom stereocenters. The quantitative estimate of drug-likeness (QED) is 0.777. The maximum atomic E-state index is 11.3. The Balaban J connectivity index is 2.98. The molecule has 74 valence electrons. The standard InChI is InChI=1S/C7H7N3O2S2/c1-4-2-3-5-6(10-13-9-5)7(4)14(8,11)12/h2-3H,1H3,(H2,8,11,12). The highest BCUT2D eigenvalue weighted by atomic mass is 32.2. The van der Waals surface area contributed by atoms with Gasteiger partial charge in [0.2, 0.25) is 10.0 Å². The Morgan fingerprint density at radius 3 is 2.71 bits per heavy atom. The van der Waals surface area contributed by atoms with Crippen molar-refractivity contribution in [2.45, 2.75) is 11.8 Å². The van der Waals surface area contributed by atoms with Crippen LogP contribution < -0.4 is 5.14 Å². The van der Waals surface area contributed by atoms with E-state index in [9.17, 15) is 8.42 Å². The van der Waals surface area contributed by atoms with Crippen LogP contribution in [0.25, 0.3) is 11.0 Å². The van der Waals surface area contributed by atoms with Crippen LogP contribution in [-0.2, 0) is 10.0 Å². The summed E-state index contributed by atoms with van der Waals surface area (Å²) in [4.78, 5) is 0.0729. The van der Waals surface area contributed by atoms with Gasteiger partial charge in [0.15, 0.2) is 0 Å². The molecule has 0 spiro atoms. The summed E-state index contributed by atoms with van der Waals surface area (Å²) >= 11 is 0.972. The second-order valence-electron chi connectivity index (χ2n) is 2.89. The molecule has 2 rings (SSSR count). The molecule has 7 heteroatoms. The lowest BCUT2D eigenvalue weighted by Crippen LogP contribution is -2.14. The van der Waals surface area contributed by atoms with Crippen molar-refractivity contribution in [2.75, 3.05) is 0 Å². The molecule has 1 aromatic carbocycles. The number of hydrogen-bond donors (Lipinski definition) is 1. The minimum atomic E-state index is -3.73. The molecular formula is C7H7N3O2S2. The number of nitrogens with zero attached hydrogens (tertiary/aromatic N) is 2. The van der Waals surface area contributed by atoms with Gasteiger partial charge in [0, 0.05) is 0 Å². The van der Waals surface area contributed by atoms with Gasteiger partial charge >= 0.3 is 0 Å². The summed E-state index contributed by atoms with van der Waals surface area (Å²) in [6.07, 6.45) is 0. The number of rotatable bonds is 1. The van der Waals surface area contributed by atoms with Crippen molar-refractivity contribution in [2.24, 2.45) is 5.14 Å². The molecule has 0 aliphatic rings. The second kappa shape index (κ2) is 2.97. The number of hydrogen-bond acceptors (Lipinski definition) is 5. The van der Waals surface area contributed by atoms with Crippen LogP contribution in [0.1, 0.15) is 5.56 Å². The minimum Gasteiger partial charge on any atom is -0.225 e. The topological polar surface area (TPSA) is 85.9 Å². The molecule has 0 aliphatic heterocycles. The summed E-state index contributed by atoms with van der Waals surface area (Å²) in [5, 5.41) is 5.09. The van der Waals surface area contributed by atoms with Gasteiger partial charge in [-0.1, -0.05) is 6.07 Å². The molecule has 0 radical (unpaired) electrons. The molecule has 0 unspecified atom stereocenters. The van der Waals surface area contributed by atoms with E-state index >= 15 is 0 Å². The van der Waals surface area contributed by atoms with Crippen molar-refractivity contribution in [3.05, 3.63) is 17.7 Å². The predicted molar refractivity (Wildman–Crippen MR) is 53.5 cm³/mol. The van der Waals surface area contributed by atoms with Crippen LogP contribution in [0.5, 0.6) is 0 Å². The first kappa shape index (κ1) is 9.50. The molecule has 0 saturated carbocycles. The number of sulfonamides is 1. The molecule has 1 heterocycles. The average Bonchev–Trinajstić information content (AvgIpc) is 2.48. The molecule has 2 aromatic rings. The van der Waals surface area contributed by atoms with E-state index < -0.39 is 10.0 Å². The zero-order chi connectivity index (χ0) is 10.3. The summed E-state index contributed by atoms with van der Waals surface area (Å²) in [5.74, 6) is 0. The highest BCUT2D eigenvalue weighted by Gasteiger charge is 2.17. The summed E-state index contributed by atoms with van der Waals surface area (Å²) in [6.45, 7) is 1.68. The van der Waals surface area contributed by atoms with Gasteiger partial charge in [-0.05, 0) is 18.6 Å². The van der Waals surface area contributed by atoms with Crippen LogP contribution in [-0.4, -0.2) is 17.2 Å². The molecule has 0 aliphatic carbocycles. The third-order valence-electron chi connectivity index (χ3n) is 1.86. The Bertz CT molecular complexity index is 588. The molecule has 14 heavy (non-hydrogen) atoms. The van der Waals surface area contributed by atoms with Gasteiger partial charge in [-0.3, -0.25) is 0 Å². The Morgan fingerprint density at radius 1 is 1.36 bits per heavy atom. The Morgan fingerprint density at radius 2 is 2.07 bits per heavy atom. The lowest BCUT2D eigenvalue weighted by molar-refractivity contribution is 0.598. The fourth-order valence-electron chi connectivity index (χ4n) is 1.29. The van der Waals surface area contributed by atoms with Crippen LogP contribution in [0.15, 0.2) is 17.0 Å². The first-order chi connectivity index (χ1) is 6.50. The zero-order valence-corrected chi connectivity index (χ0v) is 8.89. The van der Waals surface area contributed by atoms with Crippen molar-refractivity contribution in [1.82, 2.24) is 8.75 Å². The Labute approximate surface area is 84.9 Å². The van der Waals surface area contributed by atoms with E-state index in [1.807, 2.05) is 0 Å². The zero-order valence-electron chi connectivity index (χ0n) is 7.26. The van der Waals surface area contributed by atoms with E-state index in [2.05, 4.69) is 8.75 Å². The molecule has 0 amide bonds. The monoisotopic (exact) mass is 229 g/mol. The fourth-order valence-corrected chi connectivity index (χ4v) is 2.82. The molecular weight excluding hydrogens is 222 g/mol. The van der Waals surface area contributed by atoms with Crippen LogP contribution in [0.2, 0.25) is 0 Å². The van der Waals surface area contributed by atoms with E-state index in [0.29, 0.717) is 16.6 Å². The van der Waals surface area contributed by atoms with Gasteiger partial charge in [0.25, 0.3) is 0 Å². The van der Waals surface area contributed by atoms with E-state index in [4.69, 9.17) is 5.14 Å². The van der Waals surface area contributed by atoms with Gasteiger partial charge in [-0.15, -0.1) is 0 Å². The summed E-state index contributed by atoms with van der Waals surface area (Å²) in [5.41, 5.74) is 1.51. The van der Waals surface area contributed by atoms with Gasteiger partial charge in [-0.2, -0.15) is 8.75 Å². The van der Waals surface area contributed by atoms with Crippen LogP contribution >= 0.6 is 11.7 Å². The molecule has 5 nitrogen and oxygen atoms in total. The van der Waals surface area contributed by atoms with Crippen molar-refractivity contribution in [1.29, 1.82) is 0 Å². The predicted octanol–water partition coefficient (Wildman–Crippen LogP) is 0.647. The third-order valence-corrected chi connectivity index (χ3v) is 3.49. The van der Waals surface area contributed by atoms with Crippen molar-refractivity contribution in [3.8, 4) is 0 Å². The lowest BCUT2D eigenvalue weighted by Gasteiger charge is -2.02. The number of fused-ring (bicyclic) bond motifs is 1. The minimum absolute atomic E-state index is 0.0729. The normalized spacial score (nSPS) is 12.1. The fraction of sp³-hybridized carbons (Fsp3) is 0.143. The smallest absolute Gasteiger partial charge is 0.225 e. The maximum absolute atomic E-state index is 11.3. The largest absolute Gasteiger partial charge is 0.240 e. The third kappa shape index (κ3) is 1.39. The summed E-state index contributed by atoms with van der Waals surface area (Å²) in [6, 6.07) is 3.40. The van der Waals surface area contributed by atoms with Crippen molar-refractivity contribution in [3.63, 3.8) is 0 Å². The Hall–Kier alpha value is -1.05. The molecule has 0 bridgehead atoms. The highest BCUT2D eigenvalue weighted by molar-refractivity contribution is 7.89. The SMILES string of the molecule is Cc1ccc2nsnc2c1S(N)(=O)=O. The molecule has 0 saturated heterocycles. The van der Waals surface area contributed by atoms with Crippen LogP contribution in [0.3, 0.4) is 0 Å². The number of nitrogens with two attached hydrogens (primary N) is 1. The molecule has 2 N–H and O–H groups in total. The number of aryl methyl sites for hydroxylation is 1. The number of primary sulfonamides is 1. The van der Waals surface area contributed by atoms with Gasteiger partial charge in [-0.25, -0.2) is 13.6 Å². The first-order valence-electron chi connectivity index (χ1n) is 3.75. The maximum Gasteiger partial charge on any atom is 0.240 e. The molecule has 0 fully saturated rings.